The highest BCUT2D eigenvalue weighted by molar-refractivity contribution is 7.99. The Morgan fingerprint density at radius 3 is 2.79 bits per heavy atom. The van der Waals surface area contributed by atoms with Gasteiger partial charge in [0.25, 0.3) is 5.91 Å². The Balaban J connectivity index is 1.78. The molecule has 0 aliphatic carbocycles. The van der Waals surface area contributed by atoms with Gasteiger partial charge in [-0.3, -0.25) is 14.0 Å². The van der Waals surface area contributed by atoms with Crippen LogP contribution in [0.15, 0.2) is 29.6 Å². The standard InChI is InChI=1S/C18H19N5O4S2/c1-4-27-17(26)13-10(2)14(15(25)19-3)29-16(13)20-12(24)9-28-18-22-21-11-7-5-6-8-23(11)18/h5-8H,4,9H2,1-3H3,(H,19,25)(H,20,24). The number of esters is 1. The van der Waals surface area contributed by atoms with Crippen LogP contribution in [0, 0.1) is 6.92 Å². The minimum Gasteiger partial charge on any atom is -0.462 e. The van der Waals surface area contributed by atoms with Gasteiger partial charge in [0, 0.05) is 13.2 Å². The first-order chi connectivity index (χ1) is 14.0. The Labute approximate surface area is 174 Å². The molecule has 3 aromatic rings. The third kappa shape index (κ3) is 4.40. The molecule has 2 amide bonds. The van der Waals surface area contributed by atoms with Crippen LogP contribution >= 0.6 is 23.1 Å². The summed E-state index contributed by atoms with van der Waals surface area (Å²) in [5, 5.41) is 14.2. The molecule has 152 valence electrons. The van der Waals surface area contributed by atoms with Crippen molar-refractivity contribution in [3.05, 3.63) is 40.4 Å². The Morgan fingerprint density at radius 2 is 2.07 bits per heavy atom. The molecule has 0 radical (unpaired) electrons. The molecule has 3 rings (SSSR count). The molecule has 2 N–H and O–H groups in total. The van der Waals surface area contributed by atoms with Gasteiger partial charge < -0.3 is 15.4 Å². The first-order valence-electron chi connectivity index (χ1n) is 8.71. The summed E-state index contributed by atoms with van der Waals surface area (Å²) in [7, 11) is 1.50. The molecule has 0 saturated heterocycles. The number of aromatic nitrogens is 3. The summed E-state index contributed by atoms with van der Waals surface area (Å²) in [4.78, 5) is 37.3. The van der Waals surface area contributed by atoms with Crippen LogP contribution < -0.4 is 10.6 Å². The van der Waals surface area contributed by atoms with Crippen molar-refractivity contribution in [1.29, 1.82) is 0 Å². The molecule has 0 atom stereocenters. The number of pyridine rings is 1. The lowest BCUT2D eigenvalue weighted by atomic mass is 10.1. The van der Waals surface area contributed by atoms with Gasteiger partial charge in [-0.25, -0.2) is 4.79 Å². The number of amides is 2. The zero-order valence-corrected chi connectivity index (χ0v) is 17.6. The summed E-state index contributed by atoms with van der Waals surface area (Å²) in [6, 6.07) is 5.52. The van der Waals surface area contributed by atoms with Gasteiger partial charge in [-0.1, -0.05) is 17.8 Å². The van der Waals surface area contributed by atoms with Crippen molar-refractivity contribution in [2.45, 2.75) is 19.0 Å². The molecule has 3 heterocycles. The zero-order valence-electron chi connectivity index (χ0n) is 16.0. The fourth-order valence-corrected chi connectivity index (χ4v) is 4.47. The lowest BCUT2D eigenvalue weighted by molar-refractivity contribution is -0.113. The normalized spacial score (nSPS) is 10.7. The maximum atomic E-state index is 12.5. The average Bonchev–Trinajstić information content (AvgIpc) is 3.27. The van der Waals surface area contributed by atoms with Gasteiger partial charge in [0.2, 0.25) is 5.91 Å². The van der Waals surface area contributed by atoms with Crippen LogP contribution in [0.1, 0.15) is 32.5 Å². The predicted molar refractivity (Wildman–Crippen MR) is 111 cm³/mol. The SMILES string of the molecule is CCOC(=O)c1c(NC(=O)CSc2nnc3ccccn23)sc(C(=O)NC)c1C. The summed E-state index contributed by atoms with van der Waals surface area (Å²) in [6.07, 6.45) is 1.81. The summed E-state index contributed by atoms with van der Waals surface area (Å²) in [5.41, 5.74) is 1.35. The lowest BCUT2D eigenvalue weighted by Crippen LogP contribution is -2.18. The number of thiophene rings is 1. The minimum atomic E-state index is -0.581. The van der Waals surface area contributed by atoms with E-state index in [0.29, 0.717) is 21.2 Å². The molecule has 3 aromatic heterocycles. The number of thioether (sulfide) groups is 1. The quantitative estimate of drug-likeness (QED) is 0.434. The molecule has 29 heavy (non-hydrogen) atoms. The smallest absolute Gasteiger partial charge is 0.341 e. The maximum Gasteiger partial charge on any atom is 0.341 e. The number of rotatable bonds is 7. The molecule has 0 aromatic carbocycles. The minimum absolute atomic E-state index is 0.0597. The number of nitrogens with zero attached hydrogens (tertiary/aromatic N) is 3. The second kappa shape index (κ2) is 9.05. The number of fused-ring (bicyclic) bond motifs is 1. The number of hydrogen-bond acceptors (Lipinski definition) is 8. The van der Waals surface area contributed by atoms with E-state index in [1.807, 2.05) is 24.4 Å². The highest BCUT2D eigenvalue weighted by atomic mass is 32.2. The summed E-state index contributed by atoms with van der Waals surface area (Å²) < 4.78 is 6.86. The van der Waals surface area contributed by atoms with Gasteiger partial charge in [-0.05, 0) is 31.5 Å². The van der Waals surface area contributed by atoms with Gasteiger partial charge in [-0.15, -0.1) is 21.5 Å². The number of carbonyl (C=O) groups is 3. The number of nitrogens with one attached hydrogen (secondary N) is 2. The van der Waals surface area contributed by atoms with Crippen LogP contribution in [0.25, 0.3) is 5.65 Å². The van der Waals surface area contributed by atoms with E-state index in [2.05, 4.69) is 20.8 Å². The molecule has 0 spiro atoms. The van der Waals surface area contributed by atoms with Crippen molar-refractivity contribution in [3.8, 4) is 0 Å². The largest absolute Gasteiger partial charge is 0.462 e. The third-order valence-corrected chi connectivity index (χ3v) is 6.08. The van der Waals surface area contributed by atoms with E-state index in [1.165, 1.54) is 18.8 Å². The summed E-state index contributed by atoms with van der Waals surface area (Å²) in [6.45, 7) is 3.53. The van der Waals surface area contributed by atoms with Crippen molar-refractivity contribution < 1.29 is 19.1 Å². The van der Waals surface area contributed by atoms with Crippen LogP contribution in [0.2, 0.25) is 0 Å². The van der Waals surface area contributed by atoms with E-state index in [4.69, 9.17) is 4.74 Å². The number of ether oxygens (including phenoxy) is 1. The van der Waals surface area contributed by atoms with E-state index in [0.717, 1.165) is 11.3 Å². The first-order valence-corrected chi connectivity index (χ1v) is 10.5. The van der Waals surface area contributed by atoms with Crippen molar-refractivity contribution in [2.24, 2.45) is 0 Å². The fraction of sp³-hybridized carbons (Fsp3) is 0.278. The molecular formula is C18H19N5O4S2. The molecule has 0 fully saturated rings. The third-order valence-electron chi connectivity index (χ3n) is 3.93. The topological polar surface area (TPSA) is 115 Å². The van der Waals surface area contributed by atoms with Crippen LogP contribution in [0.5, 0.6) is 0 Å². The van der Waals surface area contributed by atoms with E-state index in [1.54, 1.807) is 18.2 Å². The fourth-order valence-electron chi connectivity index (χ4n) is 2.59. The number of hydrogen-bond donors (Lipinski definition) is 2. The van der Waals surface area contributed by atoms with Gasteiger partial charge in [0.05, 0.1) is 22.8 Å². The Morgan fingerprint density at radius 1 is 1.28 bits per heavy atom. The number of carbonyl (C=O) groups excluding carboxylic acids is 3. The predicted octanol–water partition coefficient (Wildman–Crippen LogP) is 2.37. The molecule has 0 unspecified atom stereocenters. The maximum absolute atomic E-state index is 12.5. The highest BCUT2D eigenvalue weighted by Crippen LogP contribution is 2.34. The van der Waals surface area contributed by atoms with Gasteiger partial charge >= 0.3 is 5.97 Å². The molecule has 0 aliphatic rings. The monoisotopic (exact) mass is 433 g/mol. The molecule has 0 aliphatic heterocycles. The van der Waals surface area contributed by atoms with Crippen molar-refractivity contribution >= 4 is 51.5 Å². The molecular weight excluding hydrogens is 414 g/mol. The van der Waals surface area contributed by atoms with Gasteiger partial charge in [-0.2, -0.15) is 0 Å². The van der Waals surface area contributed by atoms with Gasteiger partial charge in [0.1, 0.15) is 5.00 Å². The van der Waals surface area contributed by atoms with Crippen molar-refractivity contribution in [3.63, 3.8) is 0 Å². The Hall–Kier alpha value is -2.92. The van der Waals surface area contributed by atoms with Crippen LogP contribution in [0.4, 0.5) is 5.00 Å². The second-order valence-electron chi connectivity index (χ2n) is 5.81. The van der Waals surface area contributed by atoms with Crippen molar-refractivity contribution in [2.75, 3.05) is 24.7 Å². The van der Waals surface area contributed by atoms with E-state index in [-0.39, 0.29) is 34.7 Å². The van der Waals surface area contributed by atoms with Crippen LogP contribution in [-0.2, 0) is 9.53 Å². The van der Waals surface area contributed by atoms with Crippen LogP contribution in [0.3, 0.4) is 0 Å². The second-order valence-corrected chi connectivity index (χ2v) is 7.77. The van der Waals surface area contributed by atoms with E-state index in [9.17, 15) is 14.4 Å². The van der Waals surface area contributed by atoms with Gasteiger partial charge in [0.15, 0.2) is 10.8 Å². The summed E-state index contributed by atoms with van der Waals surface area (Å²) in [5.74, 6) is -1.19. The Kier molecular flexibility index (Phi) is 6.49. The lowest BCUT2D eigenvalue weighted by Gasteiger charge is -2.07. The highest BCUT2D eigenvalue weighted by Gasteiger charge is 2.26. The Bertz CT molecular complexity index is 1080. The molecule has 11 heteroatoms. The first kappa shape index (κ1) is 20.8. The molecule has 0 saturated carbocycles. The summed E-state index contributed by atoms with van der Waals surface area (Å²) >= 11 is 2.26. The molecule has 0 bridgehead atoms. The van der Waals surface area contributed by atoms with E-state index < -0.39 is 5.97 Å². The van der Waals surface area contributed by atoms with Crippen molar-refractivity contribution in [1.82, 2.24) is 19.9 Å². The van der Waals surface area contributed by atoms with Crippen LogP contribution in [-0.4, -0.2) is 51.8 Å². The van der Waals surface area contributed by atoms with E-state index >= 15 is 0 Å². The zero-order chi connectivity index (χ0) is 21.0. The average molecular weight is 434 g/mol. The molecule has 9 nitrogen and oxygen atoms in total. The number of anilines is 1.